The number of aromatic nitrogens is 3. The van der Waals surface area contributed by atoms with E-state index in [1.165, 1.54) is 0 Å². The molecule has 81 heavy (non-hydrogen) atoms. The second-order valence-electron chi connectivity index (χ2n) is 23.9. The maximum absolute atomic E-state index is 9.38. The standard InChI is InChI=1S/C74H64N5O.Pt/c1-72(2,3)53-38-39-75-68(45-53)79-67-47-58(36-37-63(67)70-71(79)62-30-19-20-33-64(62)78(70)56-28-17-12-18-29-56)80-59-43-51(49-24-13-10-14-25-49)42-57(46-59)76-48-77(66-35-22-21-34-65(66)76)69-60(50-26-15-11-16-27-50)31-23-32-61(69)52-40-54(73(4,5)6)44-55(41-52)74(7,8)9;/h10-45,48H,1-9H3;/q-3;/i11D,15D,16D,26D,27D;. The number of hydrogen-bond donors (Lipinski definition) is 0. The van der Waals surface area contributed by atoms with Crippen LogP contribution < -0.4 is 14.5 Å². The Kier molecular flexibility index (Phi) is 12.0. The van der Waals surface area contributed by atoms with Gasteiger partial charge in [0.1, 0.15) is 5.82 Å². The number of fused-ring (bicyclic) bond motifs is 6. The summed E-state index contributed by atoms with van der Waals surface area (Å²) in [5.74, 6) is 1.72. The van der Waals surface area contributed by atoms with Gasteiger partial charge >= 0.3 is 0 Å². The molecule has 0 spiro atoms. The number of ether oxygens (including phenoxy) is 1. The molecule has 1 aliphatic rings. The van der Waals surface area contributed by atoms with Gasteiger partial charge in [0.25, 0.3) is 0 Å². The van der Waals surface area contributed by atoms with E-state index >= 15 is 0 Å². The molecule has 4 heterocycles. The summed E-state index contributed by atoms with van der Waals surface area (Å²) < 4.78 is 56.7. The average molecular weight is 1240 g/mol. The van der Waals surface area contributed by atoms with E-state index in [4.69, 9.17) is 13.8 Å². The number of benzene rings is 9. The Morgan fingerprint density at radius 2 is 1.10 bits per heavy atom. The third kappa shape index (κ3) is 9.74. The van der Waals surface area contributed by atoms with Gasteiger partial charge in [-0.25, -0.2) is 4.98 Å². The molecule has 0 aliphatic carbocycles. The second-order valence-corrected chi connectivity index (χ2v) is 23.9. The van der Waals surface area contributed by atoms with Crippen LogP contribution >= 0.6 is 0 Å². The molecule has 3 aromatic heterocycles. The molecule has 0 N–H and O–H groups in total. The first-order chi connectivity index (χ1) is 40.6. The number of hydrogen-bond acceptors (Lipinski definition) is 4. The molecule has 0 bridgehead atoms. The Labute approximate surface area is 498 Å². The molecule has 0 atom stereocenters. The van der Waals surface area contributed by atoms with Crippen molar-refractivity contribution in [3.63, 3.8) is 0 Å². The van der Waals surface area contributed by atoms with Gasteiger partial charge in [0.15, 0.2) is 0 Å². The van der Waals surface area contributed by atoms with Gasteiger partial charge in [0.05, 0.1) is 17.9 Å². The third-order valence-electron chi connectivity index (χ3n) is 15.4. The van der Waals surface area contributed by atoms with Crippen LogP contribution in [0.1, 0.15) is 85.9 Å². The number of nitrogens with zero attached hydrogens (tertiary/aromatic N) is 5. The summed E-state index contributed by atoms with van der Waals surface area (Å²) >= 11 is 0. The third-order valence-corrected chi connectivity index (χ3v) is 15.4. The molecule has 0 radical (unpaired) electrons. The van der Waals surface area contributed by atoms with Crippen molar-refractivity contribution in [3.05, 3.63) is 254 Å². The molecule has 404 valence electrons. The summed E-state index contributed by atoms with van der Waals surface area (Å²) in [5.41, 5.74) is 15.1. The summed E-state index contributed by atoms with van der Waals surface area (Å²) in [4.78, 5) is 9.26. The Hall–Kier alpha value is -8.44. The van der Waals surface area contributed by atoms with E-state index in [1.807, 2.05) is 73.5 Å². The fraction of sp³-hybridized carbons (Fsp3) is 0.162. The molecule has 7 heteroatoms. The second kappa shape index (κ2) is 20.6. The van der Waals surface area contributed by atoms with Crippen LogP contribution in [0.4, 0.5) is 22.7 Å². The zero-order chi connectivity index (χ0) is 59.4. The SMILES string of the molecule is [2H]c1c([2H])c([2H])c(-c2cccc(-c3cc(C(C)(C)C)cc(C(C)(C)C)c3)c2N2[CH-]N(c3[c-]c(Oc4[c-]c5c(cc4)c4c(c6ccccc6n4-c4ccccc4)n5-c4cc(C(C)(C)C)ccn4)cc(-c4ccccc4)c3)c3ccccc32)c([2H])c1[2H].[Pt]. The topological polar surface area (TPSA) is 38.5 Å². The van der Waals surface area contributed by atoms with Crippen molar-refractivity contribution >= 4 is 55.6 Å². The number of pyridine rings is 1. The summed E-state index contributed by atoms with van der Waals surface area (Å²) in [6.07, 6.45) is 1.90. The molecule has 0 fully saturated rings. The van der Waals surface area contributed by atoms with E-state index in [1.54, 1.807) is 0 Å². The Morgan fingerprint density at radius 1 is 0.481 bits per heavy atom. The van der Waals surface area contributed by atoms with Gasteiger partial charge in [-0.3, -0.25) is 0 Å². The van der Waals surface area contributed by atoms with Gasteiger partial charge in [-0.15, -0.1) is 48.3 Å². The van der Waals surface area contributed by atoms with Crippen LogP contribution in [0.25, 0.3) is 77.7 Å². The molecular weight excluding hydrogens is 1170 g/mol. The number of para-hydroxylation sites is 5. The van der Waals surface area contributed by atoms with Crippen LogP contribution in [-0.4, -0.2) is 14.1 Å². The predicted molar refractivity (Wildman–Crippen MR) is 333 cm³/mol. The first-order valence-electron chi connectivity index (χ1n) is 29.9. The normalized spacial score (nSPS) is 13.7. The van der Waals surface area contributed by atoms with Crippen LogP contribution in [0.2, 0.25) is 0 Å². The smallest absolute Gasteiger partial charge is 0.135 e. The van der Waals surface area contributed by atoms with E-state index in [-0.39, 0.29) is 55.0 Å². The van der Waals surface area contributed by atoms with Crippen molar-refractivity contribution in [2.75, 3.05) is 9.80 Å². The maximum Gasteiger partial charge on any atom is 0.135 e. The summed E-state index contributed by atoms with van der Waals surface area (Å²) in [6.45, 7) is 22.0. The minimum atomic E-state index is -0.446. The van der Waals surface area contributed by atoms with Gasteiger partial charge in [0.2, 0.25) is 0 Å². The maximum atomic E-state index is 9.38. The molecule has 1 aliphatic heterocycles. The minimum Gasteiger partial charge on any atom is -0.509 e. The van der Waals surface area contributed by atoms with Crippen molar-refractivity contribution in [2.24, 2.45) is 0 Å². The first kappa shape index (κ1) is 47.4. The van der Waals surface area contributed by atoms with Crippen molar-refractivity contribution in [1.82, 2.24) is 14.1 Å². The summed E-state index contributed by atoms with van der Waals surface area (Å²) in [5, 5.41) is 2.07. The van der Waals surface area contributed by atoms with E-state index < -0.39 is 18.1 Å². The van der Waals surface area contributed by atoms with Crippen molar-refractivity contribution < 1.29 is 32.7 Å². The first-order valence-corrected chi connectivity index (χ1v) is 27.4. The Morgan fingerprint density at radius 3 is 1.79 bits per heavy atom. The predicted octanol–water partition coefficient (Wildman–Crippen LogP) is 19.8. The summed E-state index contributed by atoms with van der Waals surface area (Å²) in [6, 6.07) is 68.1. The van der Waals surface area contributed by atoms with Gasteiger partial charge in [0, 0.05) is 83.5 Å². The van der Waals surface area contributed by atoms with Crippen LogP contribution in [0, 0.1) is 18.8 Å². The van der Waals surface area contributed by atoms with Crippen molar-refractivity contribution in [1.29, 1.82) is 0 Å². The summed E-state index contributed by atoms with van der Waals surface area (Å²) in [7, 11) is 0. The molecule has 6 nitrogen and oxygen atoms in total. The van der Waals surface area contributed by atoms with Crippen molar-refractivity contribution in [3.8, 4) is 56.4 Å². The van der Waals surface area contributed by atoms with Gasteiger partial charge in [-0.2, -0.15) is 6.07 Å². The minimum absolute atomic E-state index is 0. The monoisotopic (exact) mass is 1240 g/mol. The molecule has 0 unspecified atom stereocenters. The Bertz CT molecular complexity index is 4570. The molecule has 0 saturated heterocycles. The van der Waals surface area contributed by atoms with E-state index in [0.29, 0.717) is 28.4 Å². The van der Waals surface area contributed by atoms with Gasteiger partial charge in [-0.1, -0.05) is 219 Å². The molecular formula is C74H64N5OPt-3. The number of rotatable bonds is 9. The van der Waals surface area contributed by atoms with E-state index in [0.717, 1.165) is 94.7 Å². The van der Waals surface area contributed by atoms with E-state index in [9.17, 15) is 2.74 Å². The zero-order valence-corrected chi connectivity index (χ0v) is 49.2. The fourth-order valence-corrected chi connectivity index (χ4v) is 11.2. The zero-order valence-electron chi connectivity index (χ0n) is 51.9. The average Bonchev–Trinajstić information content (AvgIpc) is 1.55. The van der Waals surface area contributed by atoms with Crippen LogP contribution in [0.15, 0.2) is 218 Å². The Balaban J connectivity index is 0.00000724. The van der Waals surface area contributed by atoms with Gasteiger partial charge < -0.3 is 23.7 Å². The van der Waals surface area contributed by atoms with Crippen LogP contribution in [-0.2, 0) is 37.3 Å². The molecule has 13 rings (SSSR count). The molecule has 9 aromatic carbocycles. The van der Waals surface area contributed by atoms with Crippen LogP contribution in [0.3, 0.4) is 0 Å². The van der Waals surface area contributed by atoms with Gasteiger partial charge in [-0.05, 0) is 92.1 Å². The fourth-order valence-electron chi connectivity index (χ4n) is 11.2. The quantitative estimate of drug-likeness (QED) is 0.135. The largest absolute Gasteiger partial charge is 0.509 e. The number of anilines is 4. The molecule has 0 amide bonds. The van der Waals surface area contributed by atoms with Crippen molar-refractivity contribution in [2.45, 2.75) is 78.6 Å². The molecule has 0 saturated carbocycles. The molecule has 12 aromatic rings. The van der Waals surface area contributed by atoms with E-state index in [2.05, 4.69) is 215 Å². The van der Waals surface area contributed by atoms with Crippen LogP contribution in [0.5, 0.6) is 11.5 Å².